The molecule has 0 atom stereocenters. The highest BCUT2D eigenvalue weighted by Crippen LogP contribution is 2.21. The first-order valence-electron chi connectivity index (χ1n) is 6.50. The Hall–Kier alpha value is -1.56. The molecule has 0 bridgehead atoms. The lowest BCUT2D eigenvalue weighted by atomic mass is 10.2. The molecule has 3 heterocycles. The van der Waals surface area contributed by atoms with Crippen LogP contribution >= 0.6 is 11.6 Å². The Morgan fingerprint density at radius 3 is 2.89 bits per heavy atom. The minimum atomic E-state index is 0.605. The van der Waals surface area contributed by atoms with Gasteiger partial charge in [0.15, 0.2) is 0 Å². The highest BCUT2D eigenvalue weighted by molar-refractivity contribution is 6.31. The number of hydrogen-bond donors (Lipinski definition) is 1. The second-order valence-electron chi connectivity index (χ2n) is 4.87. The van der Waals surface area contributed by atoms with Crippen LogP contribution < -0.4 is 5.32 Å². The van der Waals surface area contributed by atoms with Gasteiger partial charge in [0.05, 0.1) is 23.0 Å². The summed E-state index contributed by atoms with van der Waals surface area (Å²) in [5, 5.41) is 16.7. The smallest absolute Gasteiger partial charge is 0.224 e. The van der Waals surface area contributed by atoms with E-state index in [0.29, 0.717) is 11.6 Å². The predicted molar refractivity (Wildman–Crippen MR) is 73.2 cm³/mol. The Morgan fingerprint density at radius 2 is 2.16 bits per heavy atom. The molecule has 0 aliphatic carbocycles. The fraction of sp³-hybridized carbons (Fsp3) is 0.583. The molecule has 3 rings (SSSR count). The van der Waals surface area contributed by atoms with Crippen LogP contribution in [0, 0.1) is 6.92 Å². The molecule has 19 heavy (non-hydrogen) atoms. The second kappa shape index (κ2) is 4.85. The summed E-state index contributed by atoms with van der Waals surface area (Å²) >= 11 is 6.23. The van der Waals surface area contributed by atoms with E-state index in [1.165, 1.54) is 12.8 Å². The maximum atomic E-state index is 6.23. The summed E-state index contributed by atoms with van der Waals surface area (Å²) in [7, 11) is 1.90. The lowest BCUT2D eigenvalue weighted by Crippen LogP contribution is -2.15. The molecule has 0 unspecified atom stereocenters. The van der Waals surface area contributed by atoms with E-state index in [9.17, 15) is 0 Å². The maximum absolute atomic E-state index is 6.23. The van der Waals surface area contributed by atoms with Gasteiger partial charge in [-0.05, 0) is 19.8 Å². The Labute approximate surface area is 116 Å². The van der Waals surface area contributed by atoms with Gasteiger partial charge in [0.2, 0.25) is 5.95 Å². The van der Waals surface area contributed by atoms with E-state index >= 15 is 0 Å². The van der Waals surface area contributed by atoms with Gasteiger partial charge in [-0.1, -0.05) is 11.6 Å². The zero-order valence-electron chi connectivity index (χ0n) is 11.1. The number of rotatable bonds is 3. The molecule has 0 radical (unpaired) electrons. The normalized spacial score (nSPS) is 14.5. The van der Waals surface area contributed by atoms with Crippen molar-refractivity contribution in [3.63, 3.8) is 0 Å². The van der Waals surface area contributed by atoms with E-state index in [2.05, 4.69) is 25.2 Å². The fourth-order valence-electron chi connectivity index (χ4n) is 2.47. The number of aryl methyl sites for hydroxylation is 3. The summed E-state index contributed by atoms with van der Waals surface area (Å²) < 4.78 is 3.96. The molecule has 6 nitrogen and oxygen atoms in total. The summed E-state index contributed by atoms with van der Waals surface area (Å²) in [6.07, 6.45) is 3.40. The zero-order valence-corrected chi connectivity index (χ0v) is 11.9. The number of halogens is 1. The summed E-state index contributed by atoms with van der Waals surface area (Å²) in [5.41, 5.74) is 1.82. The van der Waals surface area contributed by atoms with Gasteiger partial charge < -0.3 is 5.32 Å². The number of hydrogen-bond acceptors (Lipinski definition) is 4. The molecule has 2 aromatic heterocycles. The van der Waals surface area contributed by atoms with Crippen LogP contribution in [0.1, 0.15) is 30.1 Å². The van der Waals surface area contributed by atoms with Gasteiger partial charge in [-0.2, -0.15) is 5.10 Å². The van der Waals surface area contributed by atoms with Crippen molar-refractivity contribution in [1.29, 1.82) is 0 Å². The highest BCUT2D eigenvalue weighted by atomic mass is 35.5. The van der Waals surface area contributed by atoms with E-state index in [-0.39, 0.29) is 0 Å². The van der Waals surface area contributed by atoms with Crippen LogP contribution in [0.2, 0.25) is 5.02 Å². The fourth-order valence-corrected chi connectivity index (χ4v) is 2.70. The molecule has 1 aliphatic heterocycles. The minimum Gasteiger partial charge on any atom is -0.349 e. The summed E-state index contributed by atoms with van der Waals surface area (Å²) in [6.45, 7) is 3.50. The molecule has 102 valence electrons. The molecule has 2 aromatic rings. The number of nitrogens with one attached hydrogen (secondary N) is 1. The highest BCUT2D eigenvalue weighted by Gasteiger charge is 2.17. The third-order valence-corrected chi connectivity index (χ3v) is 4.03. The molecule has 1 N–H and O–H groups in total. The standard InChI is InChI=1S/C12H17ClN6/c1-8-11(13)9(18(2)17-8)7-14-12-16-15-10-5-3-4-6-19(10)12/h3-7H2,1-2H3,(H,14,16). The van der Waals surface area contributed by atoms with E-state index in [1.807, 2.05) is 14.0 Å². The molecule has 0 saturated heterocycles. The molecular weight excluding hydrogens is 264 g/mol. The Bertz CT molecular complexity index is 600. The van der Waals surface area contributed by atoms with Gasteiger partial charge in [-0.15, -0.1) is 10.2 Å². The number of anilines is 1. The van der Waals surface area contributed by atoms with Crippen LogP contribution in [0.3, 0.4) is 0 Å². The van der Waals surface area contributed by atoms with Crippen molar-refractivity contribution in [2.75, 3.05) is 5.32 Å². The quantitative estimate of drug-likeness (QED) is 0.933. The van der Waals surface area contributed by atoms with Crippen LogP contribution in [0.5, 0.6) is 0 Å². The van der Waals surface area contributed by atoms with Crippen molar-refractivity contribution in [2.24, 2.45) is 7.05 Å². The topological polar surface area (TPSA) is 60.6 Å². The molecule has 0 spiro atoms. The van der Waals surface area contributed by atoms with Crippen LogP contribution in [0.25, 0.3) is 0 Å². The average Bonchev–Trinajstić information content (AvgIpc) is 2.91. The summed E-state index contributed by atoms with van der Waals surface area (Å²) in [5.74, 6) is 1.89. The third-order valence-electron chi connectivity index (χ3n) is 3.54. The number of fused-ring (bicyclic) bond motifs is 1. The van der Waals surface area contributed by atoms with Crippen molar-refractivity contribution in [2.45, 2.75) is 39.3 Å². The van der Waals surface area contributed by atoms with Gasteiger partial charge in [0.25, 0.3) is 0 Å². The summed E-state index contributed by atoms with van der Waals surface area (Å²) in [6, 6.07) is 0. The van der Waals surface area contributed by atoms with Crippen molar-refractivity contribution < 1.29 is 0 Å². The van der Waals surface area contributed by atoms with Crippen LogP contribution in [-0.2, 0) is 26.6 Å². The van der Waals surface area contributed by atoms with Crippen LogP contribution in [-0.4, -0.2) is 24.5 Å². The van der Waals surface area contributed by atoms with Gasteiger partial charge >= 0.3 is 0 Å². The molecule has 7 heteroatoms. The van der Waals surface area contributed by atoms with Gasteiger partial charge in [0.1, 0.15) is 5.82 Å². The Kier molecular flexibility index (Phi) is 3.18. The Balaban J connectivity index is 1.77. The van der Waals surface area contributed by atoms with Crippen LogP contribution in [0.4, 0.5) is 5.95 Å². The number of aromatic nitrogens is 5. The average molecular weight is 281 g/mol. The molecule has 1 aliphatic rings. The maximum Gasteiger partial charge on any atom is 0.224 e. The largest absolute Gasteiger partial charge is 0.349 e. The molecule has 0 aromatic carbocycles. The van der Waals surface area contributed by atoms with Gasteiger partial charge in [-0.25, -0.2) is 0 Å². The Morgan fingerprint density at radius 1 is 1.32 bits per heavy atom. The van der Waals surface area contributed by atoms with Crippen molar-refractivity contribution in [1.82, 2.24) is 24.5 Å². The van der Waals surface area contributed by atoms with Gasteiger partial charge in [-0.3, -0.25) is 9.25 Å². The second-order valence-corrected chi connectivity index (χ2v) is 5.25. The predicted octanol–water partition coefficient (Wildman–Crippen LogP) is 1.92. The third kappa shape index (κ3) is 2.20. The van der Waals surface area contributed by atoms with E-state index < -0.39 is 0 Å². The lowest BCUT2D eigenvalue weighted by molar-refractivity contribution is 0.525. The minimum absolute atomic E-state index is 0.605. The first kappa shape index (κ1) is 12.5. The van der Waals surface area contributed by atoms with E-state index in [1.54, 1.807) is 4.68 Å². The van der Waals surface area contributed by atoms with Crippen molar-refractivity contribution in [3.05, 3.63) is 22.2 Å². The van der Waals surface area contributed by atoms with E-state index in [0.717, 1.165) is 36.1 Å². The van der Waals surface area contributed by atoms with Crippen molar-refractivity contribution in [3.8, 4) is 0 Å². The van der Waals surface area contributed by atoms with Crippen molar-refractivity contribution >= 4 is 17.5 Å². The monoisotopic (exact) mass is 280 g/mol. The van der Waals surface area contributed by atoms with Crippen LogP contribution in [0.15, 0.2) is 0 Å². The first-order chi connectivity index (χ1) is 9.16. The SMILES string of the molecule is Cc1nn(C)c(CNc2nnc3n2CCCC3)c1Cl. The zero-order chi connectivity index (χ0) is 13.4. The molecule has 0 amide bonds. The van der Waals surface area contributed by atoms with Gasteiger partial charge in [0, 0.05) is 20.0 Å². The lowest BCUT2D eigenvalue weighted by Gasteiger charge is -2.15. The van der Waals surface area contributed by atoms with E-state index in [4.69, 9.17) is 11.6 Å². The molecular formula is C12H17ClN6. The first-order valence-corrected chi connectivity index (χ1v) is 6.88. The molecule has 0 saturated carbocycles. The molecule has 0 fully saturated rings. The number of nitrogens with zero attached hydrogens (tertiary/aromatic N) is 5. The summed E-state index contributed by atoms with van der Waals surface area (Å²) in [4.78, 5) is 0.